The number of rotatable bonds is 4. The zero-order valence-corrected chi connectivity index (χ0v) is 15.9. The third-order valence-electron chi connectivity index (χ3n) is 5.14. The van der Waals surface area contributed by atoms with E-state index in [1.165, 1.54) is 0 Å². The van der Waals surface area contributed by atoms with Crippen LogP contribution in [0.25, 0.3) is 5.69 Å². The predicted molar refractivity (Wildman–Crippen MR) is 101 cm³/mol. The van der Waals surface area contributed by atoms with E-state index < -0.39 is 0 Å². The van der Waals surface area contributed by atoms with Crippen molar-refractivity contribution in [2.75, 3.05) is 19.8 Å². The summed E-state index contributed by atoms with van der Waals surface area (Å²) in [5.41, 5.74) is 4.31. The Labute approximate surface area is 154 Å². The first-order chi connectivity index (χ1) is 12.4. The summed E-state index contributed by atoms with van der Waals surface area (Å²) >= 11 is 0. The number of morpholine rings is 1. The van der Waals surface area contributed by atoms with Gasteiger partial charge >= 0.3 is 0 Å². The van der Waals surface area contributed by atoms with Gasteiger partial charge in [-0.15, -0.1) is 0 Å². The molecule has 0 aliphatic carbocycles. The molecule has 1 saturated heterocycles. The summed E-state index contributed by atoms with van der Waals surface area (Å²) in [6.07, 6.45) is 0.888. The largest absolute Gasteiger partial charge is 0.377 e. The van der Waals surface area contributed by atoms with Crippen LogP contribution in [0.5, 0.6) is 0 Å². The molecule has 0 bridgehead atoms. The first-order valence-corrected chi connectivity index (χ1v) is 9.13. The number of hydrogen-bond acceptors (Lipinski definition) is 3. The van der Waals surface area contributed by atoms with E-state index in [0.29, 0.717) is 25.3 Å². The average molecular weight is 354 g/mol. The fourth-order valence-electron chi connectivity index (χ4n) is 3.70. The monoisotopic (exact) mass is 354 g/mol. The van der Waals surface area contributed by atoms with Gasteiger partial charge in [-0.25, -0.2) is 0 Å². The maximum Gasteiger partial charge on any atom is 0.254 e. The lowest BCUT2D eigenvalue weighted by atomic mass is 10.1. The molecular weight excluding hydrogens is 328 g/mol. The van der Waals surface area contributed by atoms with Crippen LogP contribution in [0.2, 0.25) is 0 Å². The minimum atomic E-state index is 0.0528. The Bertz CT molecular complexity index is 821. The van der Waals surface area contributed by atoms with Gasteiger partial charge < -0.3 is 14.2 Å². The van der Waals surface area contributed by atoms with Crippen molar-refractivity contribution in [2.24, 2.45) is 0 Å². The molecule has 0 saturated carbocycles. The molecule has 5 heteroatoms. The third kappa shape index (κ3) is 3.31. The number of Topliss-reactive ketones (excluding diaryl/α,β-unsaturated/α-hetero) is 1. The number of hydrogen-bond donors (Lipinski definition) is 0. The number of benzene rings is 1. The molecule has 2 aromatic rings. The molecule has 1 aromatic heterocycles. The Morgan fingerprint density at radius 3 is 2.46 bits per heavy atom. The average Bonchev–Trinajstić information content (AvgIpc) is 2.96. The summed E-state index contributed by atoms with van der Waals surface area (Å²) in [4.78, 5) is 26.5. The fourth-order valence-corrected chi connectivity index (χ4v) is 3.70. The summed E-state index contributed by atoms with van der Waals surface area (Å²) in [5.74, 6) is 0.117. The van der Waals surface area contributed by atoms with Gasteiger partial charge in [-0.2, -0.15) is 0 Å². The van der Waals surface area contributed by atoms with Gasteiger partial charge in [0.1, 0.15) is 0 Å². The van der Waals surface area contributed by atoms with Crippen LogP contribution in [0, 0.1) is 13.8 Å². The number of aryl methyl sites for hydroxylation is 1. The molecule has 1 aliphatic heterocycles. The van der Waals surface area contributed by atoms with Gasteiger partial charge in [-0.3, -0.25) is 9.59 Å². The highest BCUT2D eigenvalue weighted by molar-refractivity contribution is 5.96. The molecule has 26 heavy (non-hydrogen) atoms. The first-order valence-electron chi connectivity index (χ1n) is 9.13. The van der Waals surface area contributed by atoms with Crippen LogP contribution in [-0.2, 0) is 4.74 Å². The maximum absolute atomic E-state index is 12.9. The van der Waals surface area contributed by atoms with Gasteiger partial charge in [0, 0.05) is 34.7 Å². The number of amides is 1. The van der Waals surface area contributed by atoms with Gasteiger partial charge in [-0.1, -0.05) is 6.92 Å². The SMILES string of the molecule is CC[C@H]1COCCN1C(=O)c1ccc(-n2c(C)cc(C(C)=O)c2C)cc1. The number of aromatic nitrogens is 1. The molecule has 0 N–H and O–H groups in total. The van der Waals surface area contributed by atoms with Crippen LogP contribution >= 0.6 is 0 Å². The molecule has 1 fully saturated rings. The van der Waals surface area contributed by atoms with Crippen LogP contribution in [0.4, 0.5) is 0 Å². The van der Waals surface area contributed by atoms with Gasteiger partial charge in [0.2, 0.25) is 0 Å². The van der Waals surface area contributed by atoms with Gasteiger partial charge in [0.25, 0.3) is 5.91 Å². The first kappa shape index (κ1) is 18.4. The fraction of sp³-hybridized carbons (Fsp3) is 0.429. The highest BCUT2D eigenvalue weighted by Crippen LogP contribution is 2.22. The highest BCUT2D eigenvalue weighted by atomic mass is 16.5. The van der Waals surface area contributed by atoms with Crippen LogP contribution in [0.1, 0.15) is 52.4 Å². The van der Waals surface area contributed by atoms with Crippen molar-refractivity contribution in [3.8, 4) is 5.69 Å². The second-order valence-corrected chi connectivity index (χ2v) is 6.86. The molecule has 138 valence electrons. The highest BCUT2D eigenvalue weighted by Gasteiger charge is 2.26. The lowest BCUT2D eigenvalue weighted by molar-refractivity contribution is -0.00279. The van der Waals surface area contributed by atoms with E-state index in [2.05, 4.69) is 11.5 Å². The van der Waals surface area contributed by atoms with Crippen LogP contribution in [0.3, 0.4) is 0 Å². The van der Waals surface area contributed by atoms with Crippen molar-refractivity contribution in [2.45, 2.75) is 40.2 Å². The molecule has 1 amide bonds. The predicted octanol–water partition coefficient (Wildman–Crippen LogP) is 3.55. The standard InChI is InChI=1S/C21H26N2O3/c1-5-18-13-26-11-10-22(18)21(25)17-6-8-19(9-7-17)23-14(2)12-20(15(23)3)16(4)24/h6-9,12,18H,5,10-11,13H2,1-4H3/t18-/m0/s1. The summed E-state index contributed by atoms with van der Waals surface area (Å²) in [6.45, 7) is 9.43. The smallest absolute Gasteiger partial charge is 0.254 e. The molecule has 0 unspecified atom stereocenters. The Morgan fingerprint density at radius 2 is 1.88 bits per heavy atom. The molecule has 2 heterocycles. The molecule has 0 radical (unpaired) electrons. The minimum absolute atomic E-state index is 0.0528. The summed E-state index contributed by atoms with van der Waals surface area (Å²) < 4.78 is 7.54. The zero-order chi connectivity index (χ0) is 18.8. The number of carbonyl (C=O) groups is 2. The zero-order valence-electron chi connectivity index (χ0n) is 15.9. The van der Waals surface area contributed by atoms with Gasteiger partial charge in [0.15, 0.2) is 5.78 Å². The molecule has 1 aliphatic rings. The van der Waals surface area contributed by atoms with Gasteiger partial charge in [-0.05, 0) is 57.5 Å². The van der Waals surface area contributed by atoms with Crippen molar-refractivity contribution >= 4 is 11.7 Å². The third-order valence-corrected chi connectivity index (χ3v) is 5.14. The normalized spacial score (nSPS) is 17.4. The van der Waals surface area contributed by atoms with E-state index in [0.717, 1.165) is 29.1 Å². The minimum Gasteiger partial charge on any atom is -0.377 e. The summed E-state index contributed by atoms with van der Waals surface area (Å²) in [5, 5.41) is 0. The number of ether oxygens (including phenoxy) is 1. The van der Waals surface area contributed by atoms with E-state index >= 15 is 0 Å². The molecule has 5 nitrogen and oxygen atoms in total. The van der Waals surface area contributed by atoms with E-state index in [-0.39, 0.29) is 17.7 Å². The summed E-state index contributed by atoms with van der Waals surface area (Å²) in [7, 11) is 0. The van der Waals surface area contributed by atoms with E-state index in [1.54, 1.807) is 6.92 Å². The molecular formula is C21H26N2O3. The second-order valence-electron chi connectivity index (χ2n) is 6.86. The lowest BCUT2D eigenvalue weighted by Crippen LogP contribution is -2.48. The van der Waals surface area contributed by atoms with Crippen molar-refractivity contribution in [1.29, 1.82) is 0 Å². The summed E-state index contributed by atoms with van der Waals surface area (Å²) in [6, 6.07) is 9.68. The Morgan fingerprint density at radius 1 is 1.19 bits per heavy atom. The maximum atomic E-state index is 12.9. The van der Waals surface area contributed by atoms with E-state index in [1.807, 2.05) is 49.1 Å². The van der Waals surface area contributed by atoms with Crippen LogP contribution in [-0.4, -0.2) is 47.0 Å². The second kappa shape index (κ2) is 7.46. The lowest BCUT2D eigenvalue weighted by Gasteiger charge is -2.35. The van der Waals surface area contributed by atoms with Crippen molar-refractivity contribution < 1.29 is 14.3 Å². The van der Waals surface area contributed by atoms with Crippen molar-refractivity contribution in [3.05, 3.63) is 52.8 Å². The number of carbonyl (C=O) groups excluding carboxylic acids is 2. The van der Waals surface area contributed by atoms with E-state index in [9.17, 15) is 9.59 Å². The molecule has 3 rings (SSSR count). The molecule has 1 aromatic carbocycles. The Hall–Kier alpha value is -2.40. The van der Waals surface area contributed by atoms with Crippen LogP contribution in [0.15, 0.2) is 30.3 Å². The number of nitrogens with zero attached hydrogens (tertiary/aromatic N) is 2. The number of ketones is 1. The van der Waals surface area contributed by atoms with E-state index in [4.69, 9.17) is 4.74 Å². The van der Waals surface area contributed by atoms with Crippen molar-refractivity contribution in [3.63, 3.8) is 0 Å². The molecule has 1 atom stereocenters. The van der Waals surface area contributed by atoms with Gasteiger partial charge in [0.05, 0.1) is 19.3 Å². The topological polar surface area (TPSA) is 51.5 Å². The van der Waals surface area contributed by atoms with Crippen molar-refractivity contribution in [1.82, 2.24) is 9.47 Å². The van der Waals surface area contributed by atoms with Crippen LogP contribution < -0.4 is 0 Å². The Balaban J connectivity index is 1.87. The quantitative estimate of drug-likeness (QED) is 0.789. The molecule has 0 spiro atoms. The Kier molecular flexibility index (Phi) is 5.28.